The van der Waals surface area contributed by atoms with Gasteiger partial charge in [-0.3, -0.25) is 14.5 Å². The molecule has 11 heteroatoms. The van der Waals surface area contributed by atoms with Crippen LogP contribution in [0.25, 0.3) is 10.9 Å². The number of aromatic nitrogens is 1. The van der Waals surface area contributed by atoms with Crippen molar-refractivity contribution in [2.45, 2.75) is 18.9 Å². The molecule has 3 fully saturated rings. The summed E-state index contributed by atoms with van der Waals surface area (Å²) >= 11 is 0. The zero-order valence-electron chi connectivity index (χ0n) is 23.1. The van der Waals surface area contributed by atoms with Gasteiger partial charge in [0.2, 0.25) is 11.3 Å². The highest BCUT2D eigenvalue weighted by molar-refractivity contribution is 5.93. The van der Waals surface area contributed by atoms with Crippen molar-refractivity contribution in [1.82, 2.24) is 14.4 Å². The lowest BCUT2D eigenvalue weighted by atomic mass is 10.1. The van der Waals surface area contributed by atoms with Crippen LogP contribution in [0.1, 0.15) is 29.2 Å². The van der Waals surface area contributed by atoms with E-state index in [1.165, 1.54) is 12.3 Å². The number of pyridine rings is 1. The van der Waals surface area contributed by atoms with Crippen LogP contribution in [0.3, 0.4) is 0 Å². The number of aromatic carboxylic acids is 1. The predicted molar refractivity (Wildman–Crippen MR) is 154 cm³/mol. The van der Waals surface area contributed by atoms with Gasteiger partial charge in [0.05, 0.1) is 30.5 Å². The van der Waals surface area contributed by atoms with Crippen LogP contribution in [0, 0.1) is 5.82 Å². The van der Waals surface area contributed by atoms with Gasteiger partial charge in [0.25, 0.3) is 0 Å². The van der Waals surface area contributed by atoms with Crippen LogP contribution in [-0.2, 0) is 4.79 Å². The summed E-state index contributed by atoms with van der Waals surface area (Å²) in [6.07, 6.45) is 3.17. The van der Waals surface area contributed by atoms with E-state index in [9.17, 15) is 19.5 Å². The number of amides is 1. The number of carboxylic acid groups (broad SMARTS) is 1. The molecule has 3 aliphatic rings. The van der Waals surface area contributed by atoms with Crippen molar-refractivity contribution in [1.29, 1.82) is 0 Å². The molecule has 0 atom stereocenters. The number of carboxylic acids is 1. The smallest absolute Gasteiger partial charge is 0.341 e. The number of carbonyl (C=O) groups is 2. The number of fused-ring (bicyclic) bond motifs is 1. The van der Waals surface area contributed by atoms with Gasteiger partial charge in [-0.15, -0.1) is 0 Å². The zero-order valence-corrected chi connectivity index (χ0v) is 23.1. The van der Waals surface area contributed by atoms with Gasteiger partial charge in [-0.1, -0.05) is 12.1 Å². The molecule has 2 saturated heterocycles. The van der Waals surface area contributed by atoms with Crippen molar-refractivity contribution in [3.8, 4) is 5.75 Å². The molecular weight excluding hydrogens is 529 g/mol. The summed E-state index contributed by atoms with van der Waals surface area (Å²) in [5.74, 6) is -0.959. The lowest BCUT2D eigenvalue weighted by Gasteiger charge is -2.39. The highest BCUT2D eigenvalue weighted by Crippen LogP contribution is 2.38. The van der Waals surface area contributed by atoms with E-state index < -0.39 is 17.2 Å². The summed E-state index contributed by atoms with van der Waals surface area (Å²) < 4.78 is 22.6. The van der Waals surface area contributed by atoms with E-state index in [4.69, 9.17) is 4.74 Å². The number of rotatable bonds is 7. The molecule has 0 radical (unpaired) electrons. The molecule has 10 nitrogen and oxygen atoms in total. The van der Waals surface area contributed by atoms with Crippen molar-refractivity contribution in [2.75, 3.05) is 75.8 Å². The normalized spacial score (nSPS) is 18.1. The fourth-order valence-corrected chi connectivity index (χ4v) is 5.93. The number of nitrogens with zero attached hydrogens (tertiary/aromatic N) is 5. The quantitative estimate of drug-likeness (QED) is 0.469. The number of halogens is 1. The second-order valence-electron chi connectivity index (χ2n) is 10.9. The molecule has 0 bridgehead atoms. The molecule has 0 unspecified atom stereocenters. The minimum atomic E-state index is -1.31. The molecule has 1 aromatic heterocycles. The van der Waals surface area contributed by atoms with Crippen LogP contribution in [0.15, 0.2) is 47.4 Å². The number of hydrogen-bond acceptors (Lipinski definition) is 7. The summed E-state index contributed by atoms with van der Waals surface area (Å²) in [7, 11) is 1.67. The number of anilines is 2. The van der Waals surface area contributed by atoms with Gasteiger partial charge in [0.1, 0.15) is 17.1 Å². The van der Waals surface area contributed by atoms with E-state index in [-0.39, 0.29) is 22.9 Å². The molecule has 2 aromatic carbocycles. The van der Waals surface area contributed by atoms with E-state index >= 15 is 4.39 Å². The van der Waals surface area contributed by atoms with Crippen LogP contribution in [-0.4, -0.2) is 97.4 Å². The van der Waals surface area contributed by atoms with Crippen molar-refractivity contribution >= 4 is 34.2 Å². The van der Waals surface area contributed by atoms with Crippen LogP contribution in [0.5, 0.6) is 5.75 Å². The topological polar surface area (TPSA) is 98.6 Å². The molecule has 1 aliphatic carbocycles. The van der Waals surface area contributed by atoms with E-state index in [1.807, 2.05) is 28.0 Å². The largest absolute Gasteiger partial charge is 0.495 e. The lowest BCUT2D eigenvalue weighted by molar-refractivity contribution is -0.132. The molecular formula is C30H34FN5O5. The third kappa shape index (κ3) is 5.33. The number of carbonyl (C=O) groups excluding carboxylic acids is 1. The molecule has 1 amide bonds. The fraction of sp³-hybridized carbons (Fsp3) is 0.433. The number of hydrogen-bond donors (Lipinski definition) is 1. The average Bonchev–Trinajstić information content (AvgIpc) is 3.83. The zero-order chi connectivity index (χ0) is 28.7. The van der Waals surface area contributed by atoms with Gasteiger partial charge in [-0.2, -0.15) is 0 Å². The van der Waals surface area contributed by atoms with E-state index in [0.29, 0.717) is 43.9 Å². The molecule has 2 aliphatic heterocycles. The van der Waals surface area contributed by atoms with Crippen molar-refractivity contribution in [3.63, 3.8) is 0 Å². The Labute approximate surface area is 237 Å². The lowest BCUT2D eigenvalue weighted by Crippen LogP contribution is -2.54. The summed E-state index contributed by atoms with van der Waals surface area (Å²) in [6.45, 7) is 5.41. The number of para-hydroxylation sites is 2. The molecule has 1 saturated carbocycles. The molecule has 216 valence electrons. The minimum Gasteiger partial charge on any atom is -0.495 e. The third-order valence-corrected chi connectivity index (χ3v) is 8.40. The Balaban J connectivity index is 1.09. The molecule has 0 spiro atoms. The Morgan fingerprint density at radius 2 is 1.61 bits per heavy atom. The van der Waals surface area contributed by atoms with Crippen LogP contribution in [0.4, 0.5) is 15.8 Å². The summed E-state index contributed by atoms with van der Waals surface area (Å²) in [6, 6.07) is 10.9. The van der Waals surface area contributed by atoms with Crippen molar-refractivity contribution < 1.29 is 23.8 Å². The standard InChI is InChI=1S/C30H34FN5O5/c1-41-27-5-3-2-4-24(27)33-10-8-32(9-11-33)19-28(37)35-14-12-34(13-15-35)26-17-25-21(16-23(26)31)29(38)22(30(39)40)18-36(25)20-6-7-20/h2-5,16-18,20H,6-15,19H2,1H3,(H,39,40). The van der Waals surface area contributed by atoms with Crippen LogP contribution >= 0.6 is 0 Å². The van der Waals surface area contributed by atoms with Gasteiger partial charge in [-0.25, -0.2) is 9.18 Å². The highest BCUT2D eigenvalue weighted by Gasteiger charge is 2.30. The predicted octanol–water partition coefficient (Wildman–Crippen LogP) is 2.65. The van der Waals surface area contributed by atoms with Gasteiger partial charge in [0, 0.05) is 70.0 Å². The third-order valence-electron chi connectivity index (χ3n) is 8.40. The first kappa shape index (κ1) is 27.1. The second kappa shape index (κ2) is 11.0. The maximum absolute atomic E-state index is 15.3. The van der Waals surface area contributed by atoms with E-state index in [2.05, 4.69) is 15.9 Å². The first-order valence-electron chi connectivity index (χ1n) is 14.1. The first-order valence-corrected chi connectivity index (χ1v) is 14.1. The first-order chi connectivity index (χ1) is 19.8. The summed E-state index contributed by atoms with van der Waals surface area (Å²) in [5.41, 5.74) is 0.965. The fourth-order valence-electron chi connectivity index (χ4n) is 5.93. The Hall–Kier alpha value is -4.12. The number of benzene rings is 2. The maximum atomic E-state index is 15.3. The van der Waals surface area contributed by atoms with Crippen LogP contribution < -0.4 is 20.0 Å². The van der Waals surface area contributed by atoms with Crippen molar-refractivity contribution in [2.24, 2.45) is 0 Å². The summed E-state index contributed by atoms with van der Waals surface area (Å²) in [5, 5.41) is 9.55. The minimum absolute atomic E-state index is 0.0677. The molecule has 6 rings (SSSR count). The maximum Gasteiger partial charge on any atom is 0.341 e. The number of ether oxygens (including phenoxy) is 1. The van der Waals surface area contributed by atoms with E-state index in [1.54, 1.807) is 17.7 Å². The number of methoxy groups -OCH3 is 1. The van der Waals surface area contributed by atoms with Gasteiger partial charge in [-0.05, 0) is 37.1 Å². The van der Waals surface area contributed by atoms with Crippen LogP contribution in [0.2, 0.25) is 0 Å². The monoisotopic (exact) mass is 563 g/mol. The van der Waals surface area contributed by atoms with Crippen molar-refractivity contribution in [3.05, 3.63) is 64.2 Å². The number of piperazine rings is 2. The molecule has 1 N–H and O–H groups in total. The molecule has 3 heterocycles. The highest BCUT2D eigenvalue weighted by atomic mass is 19.1. The Morgan fingerprint density at radius 3 is 2.27 bits per heavy atom. The molecule has 3 aromatic rings. The van der Waals surface area contributed by atoms with Gasteiger partial charge >= 0.3 is 5.97 Å². The average molecular weight is 564 g/mol. The SMILES string of the molecule is COc1ccccc1N1CCN(CC(=O)N2CCN(c3cc4c(cc3F)c(=O)c(C(=O)O)cn4C3CC3)CC2)CC1. The Morgan fingerprint density at radius 1 is 0.951 bits per heavy atom. The summed E-state index contributed by atoms with van der Waals surface area (Å²) in [4.78, 5) is 45.7. The molecule has 41 heavy (non-hydrogen) atoms. The van der Waals surface area contributed by atoms with E-state index in [0.717, 1.165) is 50.5 Å². The van der Waals surface area contributed by atoms with Gasteiger partial charge < -0.3 is 29.1 Å². The Kier molecular flexibility index (Phi) is 7.29. The second-order valence-corrected chi connectivity index (χ2v) is 10.9. The van der Waals surface area contributed by atoms with Gasteiger partial charge in [0.15, 0.2) is 0 Å². The Bertz CT molecular complexity index is 1540.